The molecule has 0 spiro atoms. The SMILES string of the molecule is CC(CCc1ccccc1)NCc1cccc(Cl)c1. The lowest BCUT2D eigenvalue weighted by atomic mass is 10.1. The van der Waals surface area contributed by atoms with E-state index >= 15 is 0 Å². The zero-order chi connectivity index (χ0) is 13.5. The smallest absolute Gasteiger partial charge is 0.0409 e. The summed E-state index contributed by atoms with van der Waals surface area (Å²) in [6.07, 6.45) is 2.26. The van der Waals surface area contributed by atoms with Gasteiger partial charge in [-0.3, -0.25) is 0 Å². The molecule has 100 valence electrons. The molecule has 2 aromatic rings. The maximum Gasteiger partial charge on any atom is 0.0409 e. The Morgan fingerprint density at radius 2 is 1.74 bits per heavy atom. The summed E-state index contributed by atoms with van der Waals surface area (Å²) in [7, 11) is 0. The van der Waals surface area contributed by atoms with Crippen molar-refractivity contribution in [2.75, 3.05) is 0 Å². The van der Waals surface area contributed by atoms with Crippen LogP contribution in [0.5, 0.6) is 0 Å². The maximum atomic E-state index is 5.97. The van der Waals surface area contributed by atoms with Crippen molar-refractivity contribution in [2.24, 2.45) is 0 Å². The van der Waals surface area contributed by atoms with Gasteiger partial charge in [0.2, 0.25) is 0 Å². The lowest BCUT2D eigenvalue weighted by molar-refractivity contribution is 0.514. The molecule has 0 bridgehead atoms. The van der Waals surface area contributed by atoms with Gasteiger partial charge in [0.05, 0.1) is 0 Å². The summed E-state index contributed by atoms with van der Waals surface area (Å²) < 4.78 is 0. The Morgan fingerprint density at radius 1 is 1.00 bits per heavy atom. The Bertz CT molecular complexity index is 496. The molecule has 1 N–H and O–H groups in total. The second kappa shape index (κ2) is 7.32. The van der Waals surface area contributed by atoms with Crippen LogP contribution < -0.4 is 5.32 Å². The van der Waals surface area contributed by atoms with Gasteiger partial charge in [-0.2, -0.15) is 0 Å². The number of nitrogens with one attached hydrogen (secondary N) is 1. The largest absolute Gasteiger partial charge is 0.310 e. The average molecular weight is 274 g/mol. The van der Waals surface area contributed by atoms with Crippen LogP contribution in [0.4, 0.5) is 0 Å². The van der Waals surface area contributed by atoms with Crippen molar-refractivity contribution in [3.63, 3.8) is 0 Å². The van der Waals surface area contributed by atoms with E-state index in [1.54, 1.807) is 0 Å². The van der Waals surface area contributed by atoms with Crippen LogP contribution in [0.3, 0.4) is 0 Å². The van der Waals surface area contributed by atoms with E-state index in [0.29, 0.717) is 6.04 Å². The van der Waals surface area contributed by atoms with Crippen molar-refractivity contribution in [2.45, 2.75) is 32.4 Å². The molecule has 0 radical (unpaired) electrons. The summed E-state index contributed by atoms with van der Waals surface area (Å²) in [5.41, 5.74) is 2.64. The number of benzene rings is 2. The van der Waals surface area contributed by atoms with Crippen molar-refractivity contribution in [1.29, 1.82) is 0 Å². The third-order valence-corrected chi connectivity index (χ3v) is 3.49. The van der Waals surface area contributed by atoms with Crippen LogP contribution in [0.25, 0.3) is 0 Å². The van der Waals surface area contributed by atoms with E-state index in [2.05, 4.69) is 48.6 Å². The summed E-state index contributed by atoms with van der Waals surface area (Å²) in [6.45, 7) is 3.10. The summed E-state index contributed by atoms with van der Waals surface area (Å²) >= 11 is 5.97. The third-order valence-electron chi connectivity index (χ3n) is 3.25. The Balaban J connectivity index is 1.74. The molecule has 0 heterocycles. The predicted molar refractivity (Wildman–Crippen MR) is 82.5 cm³/mol. The molecule has 2 rings (SSSR count). The Morgan fingerprint density at radius 3 is 2.47 bits per heavy atom. The minimum atomic E-state index is 0.499. The van der Waals surface area contributed by atoms with Crippen molar-refractivity contribution in [3.8, 4) is 0 Å². The van der Waals surface area contributed by atoms with Crippen molar-refractivity contribution in [1.82, 2.24) is 5.32 Å². The third kappa shape index (κ3) is 5.06. The van der Waals surface area contributed by atoms with Crippen molar-refractivity contribution in [3.05, 3.63) is 70.7 Å². The van der Waals surface area contributed by atoms with E-state index < -0.39 is 0 Å². The minimum absolute atomic E-state index is 0.499. The Kier molecular flexibility index (Phi) is 5.44. The summed E-state index contributed by atoms with van der Waals surface area (Å²) in [6, 6.07) is 19.1. The van der Waals surface area contributed by atoms with Crippen molar-refractivity contribution < 1.29 is 0 Å². The van der Waals surface area contributed by atoms with Gasteiger partial charge in [0.1, 0.15) is 0 Å². The molecular weight excluding hydrogens is 254 g/mol. The maximum absolute atomic E-state index is 5.97. The molecule has 0 saturated carbocycles. The van der Waals surface area contributed by atoms with Gasteiger partial charge in [-0.15, -0.1) is 0 Å². The summed E-state index contributed by atoms with van der Waals surface area (Å²) in [4.78, 5) is 0. The number of aryl methyl sites for hydroxylation is 1. The molecule has 0 saturated heterocycles. The number of halogens is 1. The molecule has 0 aliphatic heterocycles. The lowest BCUT2D eigenvalue weighted by Gasteiger charge is -2.14. The predicted octanol–water partition coefficient (Wildman–Crippen LogP) is 4.45. The molecule has 2 aromatic carbocycles. The van der Waals surface area contributed by atoms with Crippen LogP contribution in [0.15, 0.2) is 54.6 Å². The highest BCUT2D eigenvalue weighted by Gasteiger charge is 2.02. The average Bonchev–Trinajstić information content (AvgIpc) is 2.44. The van der Waals surface area contributed by atoms with Crippen LogP contribution in [0, 0.1) is 0 Å². The number of hydrogen-bond acceptors (Lipinski definition) is 1. The molecule has 0 amide bonds. The van der Waals surface area contributed by atoms with E-state index in [4.69, 9.17) is 11.6 Å². The Labute approximate surface area is 120 Å². The fraction of sp³-hybridized carbons (Fsp3) is 0.294. The summed E-state index contributed by atoms with van der Waals surface area (Å²) in [5, 5.41) is 4.34. The highest BCUT2D eigenvalue weighted by atomic mass is 35.5. The first-order chi connectivity index (χ1) is 9.24. The van der Waals surface area contributed by atoms with E-state index in [1.165, 1.54) is 11.1 Å². The van der Waals surface area contributed by atoms with Crippen molar-refractivity contribution >= 4 is 11.6 Å². The van der Waals surface area contributed by atoms with E-state index in [-0.39, 0.29) is 0 Å². The van der Waals surface area contributed by atoms with Crippen LogP contribution in [-0.2, 0) is 13.0 Å². The van der Waals surface area contributed by atoms with E-state index in [9.17, 15) is 0 Å². The zero-order valence-electron chi connectivity index (χ0n) is 11.3. The molecule has 0 aliphatic rings. The van der Waals surface area contributed by atoms with Gasteiger partial charge < -0.3 is 5.32 Å². The van der Waals surface area contributed by atoms with Gasteiger partial charge in [0.15, 0.2) is 0 Å². The highest BCUT2D eigenvalue weighted by Crippen LogP contribution is 2.11. The molecule has 0 fully saturated rings. The van der Waals surface area contributed by atoms with E-state index in [0.717, 1.165) is 24.4 Å². The second-order valence-electron chi connectivity index (χ2n) is 4.94. The molecule has 1 nitrogen and oxygen atoms in total. The Hall–Kier alpha value is -1.31. The van der Waals surface area contributed by atoms with Gasteiger partial charge >= 0.3 is 0 Å². The fourth-order valence-corrected chi connectivity index (χ4v) is 2.28. The number of hydrogen-bond donors (Lipinski definition) is 1. The quantitative estimate of drug-likeness (QED) is 0.820. The molecule has 1 atom stereocenters. The molecular formula is C17H20ClN. The fourth-order valence-electron chi connectivity index (χ4n) is 2.07. The van der Waals surface area contributed by atoms with Crippen LogP contribution in [0.1, 0.15) is 24.5 Å². The minimum Gasteiger partial charge on any atom is -0.310 e. The van der Waals surface area contributed by atoms with Gasteiger partial charge in [0.25, 0.3) is 0 Å². The van der Waals surface area contributed by atoms with Crippen LogP contribution >= 0.6 is 11.6 Å². The van der Waals surface area contributed by atoms with Gasteiger partial charge in [-0.25, -0.2) is 0 Å². The van der Waals surface area contributed by atoms with Crippen LogP contribution in [-0.4, -0.2) is 6.04 Å². The molecule has 0 aliphatic carbocycles. The van der Waals surface area contributed by atoms with Crippen LogP contribution in [0.2, 0.25) is 5.02 Å². The normalized spacial score (nSPS) is 12.3. The first-order valence-electron chi connectivity index (χ1n) is 6.76. The molecule has 1 unspecified atom stereocenters. The number of rotatable bonds is 6. The highest BCUT2D eigenvalue weighted by molar-refractivity contribution is 6.30. The topological polar surface area (TPSA) is 12.0 Å². The summed E-state index contributed by atoms with van der Waals surface area (Å²) in [5.74, 6) is 0. The lowest BCUT2D eigenvalue weighted by Crippen LogP contribution is -2.25. The molecule has 0 aromatic heterocycles. The first kappa shape index (κ1) is 14.1. The van der Waals surface area contributed by atoms with Gasteiger partial charge in [0, 0.05) is 17.6 Å². The van der Waals surface area contributed by atoms with Gasteiger partial charge in [-0.05, 0) is 43.0 Å². The standard InChI is InChI=1S/C17H20ClN/c1-14(10-11-15-6-3-2-4-7-15)19-13-16-8-5-9-17(18)12-16/h2-9,12,14,19H,10-11,13H2,1H3. The van der Waals surface area contributed by atoms with E-state index in [1.807, 2.05) is 18.2 Å². The second-order valence-corrected chi connectivity index (χ2v) is 5.37. The first-order valence-corrected chi connectivity index (χ1v) is 7.13. The monoisotopic (exact) mass is 273 g/mol. The molecule has 19 heavy (non-hydrogen) atoms. The van der Waals surface area contributed by atoms with Gasteiger partial charge in [-0.1, -0.05) is 54.1 Å². The molecule has 2 heteroatoms. The zero-order valence-corrected chi connectivity index (χ0v) is 12.0.